The minimum absolute atomic E-state index is 0.0525. The molecular weight excluding hydrogens is 343 g/mol. The molecule has 2 aromatic rings. The van der Waals surface area contributed by atoms with Gasteiger partial charge in [0, 0.05) is 35.7 Å². The molecule has 134 valence electrons. The average molecular weight is 360 g/mol. The number of anilines is 1. The van der Waals surface area contributed by atoms with Gasteiger partial charge in [0.25, 0.3) is 0 Å². The van der Waals surface area contributed by atoms with Gasteiger partial charge in [-0.3, -0.25) is 14.5 Å². The molecule has 1 amide bonds. The molecule has 0 bridgehead atoms. The first-order valence-electron chi connectivity index (χ1n) is 8.93. The Morgan fingerprint density at radius 2 is 1.70 bits per heavy atom. The Bertz CT molecular complexity index is 984. The third kappa shape index (κ3) is 3.04. The molecule has 0 N–H and O–H groups in total. The van der Waals surface area contributed by atoms with E-state index in [4.69, 9.17) is 5.26 Å². The summed E-state index contributed by atoms with van der Waals surface area (Å²) >= 11 is 0. The second-order valence-corrected chi connectivity index (χ2v) is 6.83. The number of hydrogen-bond donors (Lipinski definition) is 0. The van der Waals surface area contributed by atoms with Crippen molar-refractivity contribution < 1.29 is 14.0 Å². The quantitative estimate of drug-likeness (QED) is 0.805. The number of nitrogens with zero attached hydrogens (tertiary/aromatic N) is 2. The number of benzene rings is 2. The summed E-state index contributed by atoms with van der Waals surface area (Å²) in [5.74, 6) is -0.723. The van der Waals surface area contributed by atoms with Crippen molar-refractivity contribution in [1.29, 1.82) is 5.26 Å². The lowest BCUT2D eigenvalue weighted by atomic mass is 9.77. The van der Waals surface area contributed by atoms with E-state index < -0.39 is 0 Å². The van der Waals surface area contributed by atoms with Crippen LogP contribution >= 0.6 is 0 Å². The number of carbonyl (C=O) groups excluding carboxylic acids is 2. The van der Waals surface area contributed by atoms with E-state index >= 15 is 0 Å². The molecule has 1 aliphatic carbocycles. The molecular formula is C22H17FN2O2. The highest BCUT2D eigenvalue weighted by Crippen LogP contribution is 2.43. The first-order valence-corrected chi connectivity index (χ1v) is 8.93. The largest absolute Gasteiger partial charge is 0.294 e. The van der Waals surface area contributed by atoms with Crippen molar-refractivity contribution in [1.82, 2.24) is 0 Å². The van der Waals surface area contributed by atoms with Crippen LogP contribution in [0.3, 0.4) is 0 Å². The van der Waals surface area contributed by atoms with Crippen molar-refractivity contribution in [2.75, 3.05) is 4.90 Å². The van der Waals surface area contributed by atoms with Crippen LogP contribution in [-0.2, 0) is 9.59 Å². The van der Waals surface area contributed by atoms with Gasteiger partial charge in [-0.15, -0.1) is 0 Å². The molecule has 0 aromatic heterocycles. The van der Waals surface area contributed by atoms with E-state index in [9.17, 15) is 14.0 Å². The molecule has 1 unspecified atom stereocenters. The van der Waals surface area contributed by atoms with Crippen LogP contribution in [-0.4, -0.2) is 11.7 Å². The Kier molecular flexibility index (Phi) is 4.33. The number of amides is 1. The van der Waals surface area contributed by atoms with Crippen molar-refractivity contribution in [2.24, 2.45) is 0 Å². The lowest BCUT2D eigenvalue weighted by molar-refractivity contribution is -0.119. The summed E-state index contributed by atoms with van der Waals surface area (Å²) in [5.41, 5.74) is 3.37. The summed E-state index contributed by atoms with van der Waals surface area (Å²) in [6.45, 7) is 0. The van der Waals surface area contributed by atoms with Crippen molar-refractivity contribution in [2.45, 2.75) is 31.6 Å². The predicted octanol–water partition coefficient (Wildman–Crippen LogP) is 4.22. The van der Waals surface area contributed by atoms with E-state index in [2.05, 4.69) is 6.07 Å². The zero-order valence-electron chi connectivity index (χ0n) is 14.6. The molecule has 0 saturated heterocycles. The van der Waals surface area contributed by atoms with Crippen LogP contribution in [0.25, 0.3) is 0 Å². The highest BCUT2D eigenvalue weighted by atomic mass is 19.1. The van der Waals surface area contributed by atoms with E-state index in [-0.39, 0.29) is 29.8 Å². The summed E-state index contributed by atoms with van der Waals surface area (Å²) in [6, 6.07) is 14.9. The number of nitriles is 1. The molecule has 1 aliphatic heterocycles. The maximum Gasteiger partial charge on any atom is 0.232 e. The van der Waals surface area contributed by atoms with Crippen LogP contribution in [0.1, 0.15) is 42.7 Å². The van der Waals surface area contributed by atoms with Crippen LogP contribution < -0.4 is 4.90 Å². The maximum atomic E-state index is 13.3. The van der Waals surface area contributed by atoms with Crippen LogP contribution in [0.15, 0.2) is 59.8 Å². The maximum absolute atomic E-state index is 13.3. The lowest BCUT2D eigenvalue weighted by Crippen LogP contribution is -2.40. The van der Waals surface area contributed by atoms with E-state index in [1.165, 1.54) is 12.1 Å². The number of allylic oxidation sites excluding steroid dienone is 2. The summed E-state index contributed by atoms with van der Waals surface area (Å²) < 4.78 is 13.3. The zero-order valence-corrected chi connectivity index (χ0v) is 14.6. The molecule has 27 heavy (non-hydrogen) atoms. The smallest absolute Gasteiger partial charge is 0.232 e. The second kappa shape index (κ2) is 6.81. The molecule has 0 radical (unpaired) electrons. The number of hydrogen-bond acceptors (Lipinski definition) is 3. The van der Waals surface area contributed by atoms with Gasteiger partial charge >= 0.3 is 0 Å². The Morgan fingerprint density at radius 1 is 1.00 bits per heavy atom. The molecule has 0 fully saturated rings. The van der Waals surface area contributed by atoms with Gasteiger partial charge in [-0.2, -0.15) is 5.26 Å². The van der Waals surface area contributed by atoms with Gasteiger partial charge in [0.2, 0.25) is 5.91 Å². The minimum Gasteiger partial charge on any atom is -0.294 e. The Hall–Kier alpha value is -3.26. The lowest BCUT2D eigenvalue weighted by Gasteiger charge is -2.38. The molecule has 1 atom stereocenters. The normalized spacial score (nSPS) is 19.7. The third-order valence-electron chi connectivity index (χ3n) is 5.20. The average Bonchev–Trinajstić information content (AvgIpc) is 2.68. The second-order valence-electron chi connectivity index (χ2n) is 6.83. The monoisotopic (exact) mass is 360 g/mol. The van der Waals surface area contributed by atoms with Gasteiger partial charge < -0.3 is 0 Å². The molecule has 1 heterocycles. The number of halogens is 1. The number of rotatable bonds is 2. The summed E-state index contributed by atoms with van der Waals surface area (Å²) in [6.07, 6.45) is 1.97. The molecule has 0 spiro atoms. The molecule has 0 saturated carbocycles. The standard InChI is InChI=1S/C22H17FN2O2/c23-16-8-6-15(7-9-16)18-12-21(27)25(17-10-4-14(13-24)5-11-17)19-2-1-3-20(26)22(18)19/h4-11,18H,1-3,12H2. The van der Waals surface area contributed by atoms with E-state index in [0.717, 1.165) is 11.3 Å². The van der Waals surface area contributed by atoms with Gasteiger partial charge in [-0.05, 0) is 54.8 Å². The first-order chi connectivity index (χ1) is 13.1. The third-order valence-corrected chi connectivity index (χ3v) is 5.20. The number of carbonyl (C=O) groups is 2. The van der Waals surface area contributed by atoms with Gasteiger partial charge in [0.1, 0.15) is 5.82 Å². The topological polar surface area (TPSA) is 61.2 Å². The van der Waals surface area contributed by atoms with Crippen molar-refractivity contribution in [3.05, 3.63) is 76.7 Å². The zero-order chi connectivity index (χ0) is 19.0. The van der Waals surface area contributed by atoms with Crippen LogP contribution in [0, 0.1) is 17.1 Å². The highest BCUT2D eigenvalue weighted by Gasteiger charge is 2.39. The van der Waals surface area contributed by atoms with Gasteiger partial charge in [-0.1, -0.05) is 12.1 Å². The fourth-order valence-corrected chi connectivity index (χ4v) is 3.96. The molecule has 2 aromatic carbocycles. The summed E-state index contributed by atoms with van der Waals surface area (Å²) in [4.78, 5) is 27.4. The fourth-order valence-electron chi connectivity index (χ4n) is 3.96. The van der Waals surface area contributed by atoms with Crippen LogP contribution in [0.2, 0.25) is 0 Å². The van der Waals surface area contributed by atoms with E-state index in [0.29, 0.717) is 36.1 Å². The van der Waals surface area contributed by atoms with Gasteiger partial charge in [0.05, 0.1) is 11.6 Å². The Balaban J connectivity index is 1.82. The number of ketones is 1. The van der Waals surface area contributed by atoms with Gasteiger partial charge in [-0.25, -0.2) is 4.39 Å². The Morgan fingerprint density at radius 3 is 2.37 bits per heavy atom. The molecule has 5 heteroatoms. The number of Topliss-reactive ketones (excluding diaryl/α,β-unsaturated/α-hetero) is 1. The van der Waals surface area contributed by atoms with Crippen molar-refractivity contribution >= 4 is 17.4 Å². The predicted molar refractivity (Wildman–Crippen MR) is 98.3 cm³/mol. The summed E-state index contributed by atoms with van der Waals surface area (Å²) in [5, 5.41) is 8.98. The van der Waals surface area contributed by atoms with Gasteiger partial charge in [0.15, 0.2) is 5.78 Å². The van der Waals surface area contributed by atoms with E-state index in [1.807, 2.05) is 0 Å². The van der Waals surface area contributed by atoms with Crippen LogP contribution in [0.5, 0.6) is 0 Å². The summed E-state index contributed by atoms with van der Waals surface area (Å²) in [7, 11) is 0. The molecule has 4 nitrogen and oxygen atoms in total. The first kappa shape index (κ1) is 17.2. The van der Waals surface area contributed by atoms with Crippen molar-refractivity contribution in [3.8, 4) is 6.07 Å². The molecule has 4 rings (SSSR count). The highest BCUT2D eigenvalue weighted by molar-refractivity contribution is 6.07. The minimum atomic E-state index is -0.343. The van der Waals surface area contributed by atoms with Crippen LogP contribution in [0.4, 0.5) is 10.1 Å². The molecule has 2 aliphatic rings. The fraction of sp³-hybridized carbons (Fsp3) is 0.227. The Labute approximate surface area is 156 Å². The van der Waals surface area contributed by atoms with Crippen molar-refractivity contribution in [3.63, 3.8) is 0 Å². The SMILES string of the molecule is N#Cc1ccc(N2C(=O)CC(c3ccc(F)cc3)C3=C2CCCC3=O)cc1. The van der Waals surface area contributed by atoms with E-state index in [1.54, 1.807) is 41.3 Å².